The minimum absolute atomic E-state index is 0.0273. The molecule has 0 aliphatic rings. The van der Waals surface area contributed by atoms with Crippen LogP contribution in [0.4, 0.5) is 0 Å². The van der Waals surface area contributed by atoms with Crippen molar-refractivity contribution in [2.75, 3.05) is 6.54 Å². The molecule has 0 aliphatic carbocycles. The zero-order chi connectivity index (χ0) is 15.4. The van der Waals surface area contributed by atoms with Crippen molar-refractivity contribution in [1.82, 2.24) is 10.3 Å². The summed E-state index contributed by atoms with van der Waals surface area (Å²) in [5.74, 6) is -0.327. The van der Waals surface area contributed by atoms with E-state index < -0.39 is 5.56 Å². The molecule has 1 heterocycles. The van der Waals surface area contributed by atoms with Crippen LogP contribution in [-0.4, -0.2) is 17.4 Å². The Labute approximate surface area is 136 Å². The smallest absolute Gasteiger partial charge is 0.266 e. The van der Waals surface area contributed by atoms with Gasteiger partial charge >= 0.3 is 0 Å². The molecule has 0 spiro atoms. The van der Waals surface area contributed by atoms with Crippen LogP contribution in [0.25, 0.3) is 0 Å². The number of nitrogens with one attached hydrogen (secondary N) is 2. The molecule has 1 aromatic heterocycles. The molecule has 0 unspecified atom stereocenters. The van der Waals surface area contributed by atoms with Gasteiger partial charge in [-0.05, 0) is 24.1 Å². The lowest BCUT2D eigenvalue weighted by Gasteiger charge is -2.07. The van der Waals surface area contributed by atoms with Gasteiger partial charge < -0.3 is 10.3 Å². The fourth-order valence-corrected chi connectivity index (χ4v) is 2.33. The molecule has 0 aliphatic heterocycles. The van der Waals surface area contributed by atoms with Gasteiger partial charge in [0.15, 0.2) is 0 Å². The largest absolute Gasteiger partial charge is 0.352 e. The van der Waals surface area contributed by atoms with Gasteiger partial charge in [0.1, 0.15) is 5.02 Å². The van der Waals surface area contributed by atoms with E-state index >= 15 is 0 Å². The van der Waals surface area contributed by atoms with Gasteiger partial charge in [-0.15, -0.1) is 0 Å². The molecule has 0 atom stereocenters. The maximum Gasteiger partial charge on any atom is 0.266 e. The molecule has 1 amide bonds. The Morgan fingerprint density at radius 2 is 1.95 bits per heavy atom. The Hall–Kier alpha value is -1.49. The van der Waals surface area contributed by atoms with Crippen molar-refractivity contribution in [3.63, 3.8) is 0 Å². The molecule has 1 aromatic carbocycles. The standard InChI is InChI=1S/C14H11Cl3N2O2/c15-10-3-1-2-8(12(10)17)4-5-18-13(20)9-6-11(16)14(21)19-7-9/h1-3,6-7H,4-5H2,(H,18,20)(H,19,21). The van der Waals surface area contributed by atoms with Crippen molar-refractivity contribution in [3.05, 3.63) is 67.0 Å². The van der Waals surface area contributed by atoms with Gasteiger partial charge in [-0.25, -0.2) is 0 Å². The number of benzene rings is 1. The van der Waals surface area contributed by atoms with E-state index in [-0.39, 0.29) is 16.5 Å². The molecule has 0 fully saturated rings. The highest BCUT2D eigenvalue weighted by Gasteiger charge is 2.09. The van der Waals surface area contributed by atoms with E-state index in [2.05, 4.69) is 10.3 Å². The first-order valence-corrected chi connectivity index (χ1v) is 7.21. The summed E-state index contributed by atoms with van der Waals surface area (Å²) in [4.78, 5) is 25.4. The molecule has 4 nitrogen and oxygen atoms in total. The number of pyridine rings is 1. The van der Waals surface area contributed by atoms with Crippen molar-refractivity contribution < 1.29 is 4.79 Å². The van der Waals surface area contributed by atoms with Gasteiger partial charge in [0, 0.05) is 12.7 Å². The first-order valence-electron chi connectivity index (χ1n) is 6.08. The summed E-state index contributed by atoms with van der Waals surface area (Å²) in [6.45, 7) is 0.385. The van der Waals surface area contributed by atoms with Crippen LogP contribution in [0.5, 0.6) is 0 Å². The van der Waals surface area contributed by atoms with Crippen LogP contribution in [-0.2, 0) is 6.42 Å². The highest BCUT2D eigenvalue weighted by atomic mass is 35.5. The third-order valence-corrected chi connectivity index (χ3v) is 3.97. The highest BCUT2D eigenvalue weighted by Crippen LogP contribution is 2.25. The van der Waals surface area contributed by atoms with Gasteiger partial charge in [-0.1, -0.05) is 46.9 Å². The van der Waals surface area contributed by atoms with E-state index in [0.717, 1.165) is 5.56 Å². The zero-order valence-electron chi connectivity index (χ0n) is 10.8. The minimum atomic E-state index is -0.432. The second-order valence-electron chi connectivity index (χ2n) is 4.28. The average Bonchev–Trinajstić information content (AvgIpc) is 2.46. The summed E-state index contributed by atoms with van der Waals surface area (Å²) >= 11 is 17.6. The Morgan fingerprint density at radius 1 is 1.19 bits per heavy atom. The fourth-order valence-electron chi connectivity index (χ4n) is 1.74. The second kappa shape index (κ2) is 6.98. The number of rotatable bonds is 4. The molecule has 2 N–H and O–H groups in total. The first-order chi connectivity index (χ1) is 9.99. The van der Waals surface area contributed by atoms with Crippen molar-refractivity contribution in [2.45, 2.75) is 6.42 Å². The van der Waals surface area contributed by atoms with Crippen LogP contribution in [0.15, 0.2) is 35.3 Å². The van der Waals surface area contributed by atoms with E-state index in [1.807, 2.05) is 6.07 Å². The Balaban J connectivity index is 1.97. The lowest BCUT2D eigenvalue weighted by Crippen LogP contribution is -2.26. The lowest BCUT2D eigenvalue weighted by molar-refractivity contribution is 0.0953. The van der Waals surface area contributed by atoms with Crippen LogP contribution in [0.1, 0.15) is 15.9 Å². The quantitative estimate of drug-likeness (QED) is 0.893. The molecule has 0 saturated carbocycles. The van der Waals surface area contributed by atoms with Crippen molar-refractivity contribution >= 4 is 40.7 Å². The van der Waals surface area contributed by atoms with Crippen LogP contribution in [0.3, 0.4) is 0 Å². The lowest BCUT2D eigenvalue weighted by atomic mass is 10.1. The Morgan fingerprint density at radius 3 is 2.67 bits per heavy atom. The fraction of sp³-hybridized carbons (Fsp3) is 0.143. The molecule has 0 bridgehead atoms. The van der Waals surface area contributed by atoms with Gasteiger partial charge in [0.05, 0.1) is 15.6 Å². The number of H-pyrrole nitrogens is 1. The van der Waals surface area contributed by atoms with E-state index in [0.29, 0.717) is 23.0 Å². The number of halogens is 3. The normalized spacial score (nSPS) is 10.4. The van der Waals surface area contributed by atoms with Crippen LogP contribution < -0.4 is 10.9 Å². The molecule has 21 heavy (non-hydrogen) atoms. The van der Waals surface area contributed by atoms with E-state index in [9.17, 15) is 9.59 Å². The average molecular weight is 346 g/mol. The highest BCUT2D eigenvalue weighted by molar-refractivity contribution is 6.42. The monoisotopic (exact) mass is 344 g/mol. The summed E-state index contributed by atoms with van der Waals surface area (Å²) in [5, 5.41) is 3.66. The number of hydrogen-bond acceptors (Lipinski definition) is 2. The van der Waals surface area contributed by atoms with Crippen LogP contribution in [0, 0.1) is 0 Å². The van der Waals surface area contributed by atoms with Gasteiger partial charge in [0.2, 0.25) is 0 Å². The third-order valence-electron chi connectivity index (χ3n) is 2.83. The maximum atomic E-state index is 11.9. The molecule has 7 heteroatoms. The summed E-state index contributed by atoms with van der Waals surface area (Å²) in [5.41, 5.74) is 0.708. The number of aromatic amines is 1. The Kier molecular flexibility index (Phi) is 5.28. The predicted octanol–water partition coefficient (Wildman–Crippen LogP) is 3.31. The molecule has 0 saturated heterocycles. The molecular weight excluding hydrogens is 335 g/mol. The topological polar surface area (TPSA) is 62.0 Å². The van der Waals surface area contributed by atoms with Crippen molar-refractivity contribution in [2.24, 2.45) is 0 Å². The minimum Gasteiger partial charge on any atom is -0.352 e. The number of carbonyl (C=O) groups is 1. The van der Waals surface area contributed by atoms with E-state index in [4.69, 9.17) is 34.8 Å². The number of aromatic nitrogens is 1. The summed E-state index contributed by atoms with van der Waals surface area (Å²) in [6.07, 6.45) is 1.86. The maximum absolute atomic E-state index is 11.9. The molecule has 0 radical (unpaired) electrons. The first kappa shape index (κ1) is 15.9. The molecule has 2 aromatic rings. The summed E-state index contributed by atoms with van der Waals surface area (Å²) in [6, 6.07) is 6.67. The molecule has 110 valence electrons. The van der Waals surface area contributed by atoms with Gasteiger partial charge in [-0.3, -0.25) is 9.59 Å². The molecular formula is C14H11Cl3N2O2. The Bertz CT molecular complexity index is 728. The predicted molar refractivity (Wildman–Crippen MR) is 84.6 cm³/mol. The SMILES string of the molecule is O=C(NCCc1cccc(Cl)c1Cl)c1c[nH]c(=O)c(Cl)c1. The van der Waals surface area contributed by atoms with Crippen molar-refractivity contribution in [3.8, 4) is 0 Å². The van der Waals surface area contributed by atoms with Gasteiger partial charge in [-0.2, -0.15) is 0 Å². The zero-order valence-corrected chi connectivity index (χ0v) is 13.0. The summed E-state index contributed by atoms with van der Waals surface area (Å²) in [7, 11) is 0. The second-order valence-corrected chi connectivity index (χ2v) is 5.48. The van der Waals surface area contributed by atoms with E-state index in [1.165, 1.54) is 12.3 Å². The number of carbonyl (C=O) groups excluding carboxylic acids is 1. The van der Waals surface area contributed by atoms with E-state index in [1.54, 1.807) is 12.1 Å². The molecule has 2 rings (SSSR count). The number of hydrogen-bond donors (Lipinski definition) is 2. The van der Waals surface area contributed by atoms with Gasteiger partial charge in [0.25, 0.3) is 11.5 Å². The number of amides is 1. The third kappa shape index (κ3) is 4.00. The van der Waals surface area contributed by atoms with Crippen LogP contribution >= 0.6 is 34.8 Å². The van der Waals surface area contributed by atoms with Crippen molar-refractivity contribution in [1.29, 1.82) is 0 Å². The summed E-state index contributed by atoms with van der Waals surface area (Å²) < 4.78 is 0. The van der Waals surface area contributed by atoms with Crippen LogP contribution in [0.2, 0.25) is 15.1 Å².